The van der Waals surface area contributed by atoms with Crippen molar-refractivity contribution in [3.05, 3.63) is 84.4 Å². The van der Waals surface area contributed by atoms with Crippen LogP contribution in [0.25, 0.3) is 38.9 Å². The average Bonchev–Trinajstić information content (AvgIpc) is 3.91. The van der Waals surface area contributed by atoms with Crippen LogP contribution < -0.4 is 16.0 Å². The van der Waals surface area contributed by atoms with Crippen molar-refractivity contribution in [3.8, 4) is 35.2 Å². The number of hydrogen-bond acceptors (Lipinski definition) is 10. The Morgan fingerprint density at radius 2 is 1.30 bits per heavy atom. The van der Waals surface area contributed by atoms with E-state index in [4.69, 9.17) is 0 Å². The molecule has 0 bridgehead atoms. The van der Waals surface area contributed by atoms with Crippen molar-refractivity contribution in [1.29, 1.82) is 0 Å². The Labute approximate surface area is 406 Å². The number of thiol groups is 1. The van der Waals surface area contributed by atoms with Crippen molar-refractivity contribution < 1.29 is 28.7 Å². The molecule has 1 aliphatic carbocycles. The molecule has 0 radical (unpaired) electrons. The number of rotatable bonds is 17. The summed E-state index contributed by atoms with van der Waals surface area (Å²) in [5.41, 5.74) is 5.82. The molecule has 5 rings (SSSR count). The van der Waals surface area contributed by atoms with E-state index in [0.717, 1.165) is 57.3 Å². The zero-order chi connectivity index (χ0) is 50.8. The molecule has 1 saturated carbocycles. The smallest absolute Gasteiger partial charge is 0.407 e. The molecule has 1 heterocycles. The summed E-state index contributed by atoms with van der Waals surface area (Å²) < 4.78 is 9.14. The van der Waals surface area contributed by atoms with Gasteiger partial charge in [0.25, 0.3) is 0 Å². The highest BCUT2D eigenvalue weighted by Gasteiger charge is 2.40. The highest BCUT2D eigenvalue weighted by Crippen LogP contribution is 2.45. The third-order valence-electron chi connectivity index (χ3n) is 9.42. The molecule has 3 aromatic carbocycles. The summed E-state index contributed by atoms with van der Waals surface area (Å²) in [6.45, 7) is 19.9. The van der Waals surface area contributed by atoms with Gasteiger partial charge in [0.15, 0.2) is 0 Å². The van der Waals surface area contributed by atoms with Crippen molar-refractivity contribution >= 4 is 59.3 Å². The van der Waals surface area contributed by atoms with Crippen LogP contribution in [0.4, 0.5) is 9.59 Å². The minimum Gasteiger partial charge on any atom is -0.453 e. The lowest BCUT2D eigenvalue weighted by atomic mass is 9.98. The number of terminal acetylenes is 1. The average molecular weight is 943 g/mol. The van der Waals surface area contributed by atoms with Crippen LogP contribution in [0, 0.1) is 18.3 Å². The number of carbonyl (C=O) groups excluding carboxylic acids is 4. The molecule has 1 aliphatic rings. The first-order valence-corrected chi connectivity index (χ1v) is 23.7. The second-order valence-corrected chi connectivity index (χ2v) is 15.4. The molecule has 67 heavy (non-hydrogen) atoms. The summed E-state index contributed by atoms with van der Waals surface area (Å²) in [6, 6.07) is 20.8. The van der Waals surface area contributed by atoms with Crippen molar-refractivity contribution in [3.63, 3.8) is 0 Å². The van der Waals surface area contributed by atoms with Gasteiger partial charge in [-0.1, -0.05) is 124 Å². The molecule has 0 aliphatic heterocycles. The SMILES string of the molecule is C#C.CC.CC.CCC.CCC.CN/C(=C\N=CCN(CCS)C(=O)CNC(=O)OC)c1ccc(-c2ccc3cc(-c4cnc(CN(CC5(C)CC5)C(=O)CNC(=O)OC)[nH]4)ccc3c2)cc1. The number of hydrogen-bond donors (Lipinski definition) is 5. The molecule has 4 N–H and O–H groups in total. The Bertz CT molecular complexity index is 2130. The van der Waals surface area contributed by atoms with E-state index in [1.165, 1.54) is 27.1 Å². The van der Waals surface area contributed by atoms with Crippen LogP contribution in [0.1, 0.15) is 99.4 Å². The van der Waals surface area contributed by atoms with Gasteiger partial charge in [0.1, 0.15) is 18.9 Å². The van der Waals surface area contributed by atoms with Gasteiger partial charge in [0, 0.05) is 37.7 Å². The first-order valence-electron chi connectivity index (χ1n) is 23.1. The van der Waals surface area contributed by atoms with Gasteiger partial charge in [-0.3, -0.25) is 14.6 Å². The van der Waals surface area contributed by atoms with Crippen LogP contribution in [-0.4, -0.2) is 110 Å². The largest absolute Gasteiger partial charge is 0.453 e. The normalized spacial score (nSPS) is 11.7. The van der Waals surface area contributed by atoms with Crippen LogP contribution in [0.3, 0.4) is 0 Å². The molecular weight excluding hydrogens is 865 g/mol. The van der Waals surface area contributed by atoms with Crippen LogP contribution in [0.15, 0.2) is 78.1 Å². The van der Waals surface area contributed by atoms with Crippen LogP contribution in [0.5, 0.6) is 0 Å². The van der Waals surface area contributed by atoms with E-state index in [9.17, 15) is 19.2 Å². The van der Waals surface area contributed by atoms with Gasteiger partial charge in [-0.25, -0.2) is 14.6 Å². The van der Waals surface area contributed by atoms with E-state index < -0.39 is 12.2 Å². The number of ether oxygens (including phenoxy) is 2. The number of aromatic amines is 1. The predicted octanol–water partition coefficient (Wildman–Crippen LogP) is 10.2. The Balaban J connectivity index is 0.00000332. The number of methoxy groups -OCH3 is 2. The van der Waals surface area contributed by atoms with E-state index in [1.54, 1.807) is 28.4 Å². The fourth-order valence-corrected chi connectivity index (χ4v) is 6.17. The summed E-state index contributed by atoms with van der Waals surface area (Å²) in [4.78, 5) is 64.0. The highest BCUT2D eigenvalue weighted by molar-refractivity contribution is 7.80. The van der Waals surface area contributed by atoms with Gasteiger partial charge in [-0.05, 0) is 57.9 Å². The minimum atomic E-state index is -0.667. The monoisotopic (exact) mass is 943 g/mol. The topological polar surface area (TPSA) is 170 Å². The molecule has 14 nitrogen and oxygen atoms in total. The van der Waals surface area contributed by atoms with Gasteiger partial charge in [-0.15, -0.1) is 12.8 Å². The molecule has 0 atom stereocenters. The maximum atomic E-state index is 13.0. The second kappa shape index (κ2) is 35.0. The standard InChI is InChI=1S/C40H48N8O6S.2C3H8.2C2H6.C2H2/c1-40(13-14-40)26-48(37(50)24-45-39(52)54-4)25-35-43-22-34(46-35)32-12-11-30-19-29(9-10-31(30)20-32)27-5-7-28(8-6-27)33(41-2)21-42-15-16-47(17-18-55)36(49)23-44-38(51)53-3;2*1-3-2;3*1-2/h5-12,15,19-22,41,55H,13-14,16-18,23-26H2,1-4H3,(H,43,46)(H,44,51)(H,45,52);2*3H2,1-2H3;2*1-2H3;1-2H/b33-21-,42-15?;;;;;. The predicted molar refractivity (Wildman–Crippen MR) is 281 cm³/mol. The number of fused-ring (bicyclic) bond motifs is 1. The number of carbonyl (C=O) groups is 4. The Hall–Kier alpha value is -6.27. The fraction of sp³-hybridized carbons (Fsp3) is 0.462. The quantitative estimate of drug-likeness (QED) is 0.0396. The Kier molecular flexibility index (Phi) is 31.7. The maximum absolute atomic E-state index is 13.0. The molecule has 0 unspecified atom stereocenters. The van der Waals surface area contributed by atoms with Crippen LogP contribution in [0.2, 0.25) is 0 Å². The number of imidazole rings is 1. The van der Waals surface area contributed by atoms with Crippen LogP contribution in [-0.2, 0) is 25.6 Å². The molecule has 0 saturated heterocycles. The van der Waals surface area contributed by atoms with Gasteiger partial charge in [-0.2, -0.15) is 12.6 Å². The van der Waals surface area contributed by atoms with Crippen LogP contribution >= 0.6 is 12.6 Å². The number of aliphatic imine (C=N–C) groups is 1. The number of amides is 4. The minimum absolute atomic E-state index is 0.0891. The Morgan fingerprint density at radius 3 is 1.79 bits per heavy atom. The first kappa shape index (κ1) is 60.7. The number of H-pyrrole nitrogens is 1. The van der Waals surface area contributed by atoms with Crippen molar-refractivity contribution in [1.82, 2.24) is 35.7 Å². The number of benzene rings is 3. The van der Waals surface area contributed by atoms with Gasteiger partial charge in [0.05, 0.1) is 51.1 Å². The van der Waals surface area contributed by atoms with E-state index in [0.29, 0.717) is 31.2 Å². The van der Waals surface area contributed by atoms with E-state index in [-0.39, 0.29) is 36.9 Å². The molecule has 4 aromatic rings. The molecule has 4 amide bonds. The molecule has 1 fully saturated rings. The van der Waals surface area contributed by atoms with Gasteiger partial charge in [0.2, 0.25) is 11.8 Å². The van der Waals surface area contributed by atoms with Gasteiger partial charge >= 0.3 is 12.2 Å². The number of aromatic nitrogens is 2. The fourth-order valence-electron chi connectivity index (χ4n) is 5.93. The molecular formula is C52H78N8O6S. The van der Waals surface area contributed by atoms with Crippen molar-refractivity contribution in [2.75, 3.05) is 59.7 Å². The summed E-state index contributed by atoms with van der Waals surface area (Å²) in [5, 5.41) is 10.2. The zero-order valence-electron chi connectivity index (χ0n) is 42.1. The molecule has 0 spiro atoms. The van der Waals surface area contributed by atoms with E-state index >= 15 is 0 Å². The number of alkyl carbamates (subject to hydrolysis) is 2. The van der Waals surface area contributed by atoms with E-state index in [2.05, 4.69) is 149 Å². The second-order valence-electron chi connectivity index (χ2n) is 15.0. The first-order chi connectivity index (χ1) is 32.4. The highest BCUT2D eigenvalue weighted by atomic mass is 32.1. The third-order valence-corrected chi connectivity index (χ3v) is 9.62. The van der Waals surface area contributed by atoms with Crippen molar-refractivity contribution in [2.24, 2.45) is 10.4 Å². The molecule has 368 valence electrons. The summed E-state index contributed by atoms with van der Waals surface area (Å²) >= 11 is 4.23. The lowest BCUT2D eigenvalue weighted by Crippen LogP contribution is -2.42. The lowest BCUT2D eigenvalue weighted by molar-refractivity contribution is -0.131. The lowest BCUT2D eigenvalue weighted by Gasteiger charge is -2.25. The molecule has 15 heteroatoms. The van der Waals surface area contributed by atoms with E-state index in [1.807, 2.05) is 46.9 Å². The van der Waals surface area contributed by atoms with Crippen molar-refractivity contribution in [2.45, 2.75) is 94.5 Å². The Morgan fingerprint density at radius 1 is 0.806 bits per heavy atom. The molecule has 1 aromatic heterocycles. The summed E-state index contributed by atoms with van der Waals surface area (Å²) in [5.74, 6) is 0.684. The maximum Gasteiger partial charge on any atom is 0.407 e. The number of nitrogens with one attached hydrogen (secondary N) is 4. The summed E-state index contributed by atoms with van der Waals surface area (Å²) in [7, 11) is 4.33. The summed E-state index contributed by atoms with van der Waals surface area (Å²) in [6.07, 6.45) is 16.4. The number of nitrogens with zero attached hydrogens (tertiary/aromatic N) is 4. The third kappa shape index (κ3) is 22.2. The zero-order valence-corrected chi connectivity index (χ0v) is 43.0. The van der Waals surface area contributed by atoms with Gasteiger partial charge < -0.3 is 40.2 Å².